The third kappa shape index (κ3) is 10.3. The van der Waals surface area contributed by atoms with Gasteiger partial charge in [-0.05, 0) is 82.6 Å². The average Bonchev–Trinajstić information content (AvgIpc) is 3.39. The van der Waals surface area contributed by atoms with E-state index in [2.05, 4.69) is 66.3 Å². The topological polar surface area (TPSA) is 90.7 Å². The summed E-state index contributed by atoms with van der Waals surface area (Å²) in [6, 6.07) is 1.38. The van der Waals surface area contributed by atoms with E-state index >= 15 is 0 Å². The maximum Gasteiger partial charge on any atom is 0.355 e. The van der Waals surface area contributed by atoms with Crippen LogP contribution in [0.1, 0.15) is 116 Å². The van der Waals surface area contributed by atoms with Crippen molar-refractivity contribution in [1.29, 1.82) is 0 Å². The molecule has 1 saturated heterocycles. The van der Waals surface area contributed by atoms with Gasteiger partial charge in [-0.15, -0.1) is 0 Å². The zero-order chi connectivity index (χ0) is 34.7. The summed E-state index contributed by atoms with van der Waals surface area (Å²) in [7, 11) is -1.42. The Balaban J connectivity index is 2.81. The van der Waals surface area contributed by atoms with Crippen molar-refractivity contribution in [3.05, 3.63) is 30.1 Å². The normalized spacial score (nSPS) is 17.6. The highest BCUT2D eigenvalue weighted by molar-refractivity contribution is 7.77. The van der Waals surface area contributed by atoms with Crippen LogP contribution in [0.2, 0.25) is 13.1 Å². The van der Waals surface area contributed by atoms with Crippen LogP contribution in [0.25, 0.3) is 0 Å². The molecule has 0 aliphatic carbocycles. The lowest BCUT2D eigenvalue weighted by Crippen LogP contribution is -2.66. The molecule has 0 aromatic carbocycles. The van der Waals surface area contributed by atoms with Crippen LogP contribution in [-0.4, -0.2) is 84.0 Å². The van der Waals surface area contributed by atoms with Crippen molar-refractivity contribution in [3.8, 4) is 0 Å². The summed E-state index contributed by atoms with van der Waals surface area (Å²) in [5.74, 6) is -1.02. The van der Waals surface area contributed by atoms with Crippen molar-refractivity contribution in [1.82, 2.24) is 14.7 Å². The first kappa shape index (κ1) is 40.2. The number of esters is 1. The quantitative estimate of drug-likeness (QED) is 0.0331. The Labute approximate surface area is 281 Å². The first-order chi connectivity index (χ1) is 21.7. The molecule has 1 aliphatic heterocycles. The Morgan fingerprint density at radius 2 is 1.63 bits per heavy atom. The molecule has 1 amide bonds. The molecule has 10 heteroatoms. The molecule has 1 aromatic rings. The van der Waals surface area contributed by atoms with Crippen molar-refractivity contribution in [2.75, 3.05) is 25.1 Å². The third-order valence-corrected chi connectivity index (χ3v) is 14.9. The summed E-state index contributed by atoms with van der Waals surface area (Å²) < 4.78 is 14.2. The van der Waals surface area contributed by atoms with E-state index in [0.29, 0.717) is 24.1 Å². The molecule has 0 bridgehead atoms. The Morgan fingerprint density at radius 3 is 2.07 bits per heavy atom. The molecular formula is C36H64N3O5PSi. The Hall–Kier alpha value is -1.96. The molecule has 46 heavy (non-hydrogen) atoms. The van der Waals surface area contributed by atoms with Gasteiger partial charge in [-0.1, -0.05) is 80.3 Å². The second-order valence-electron chi connectivity index (χ2n) is 14.4. The fourth-order valence-electron chi connectivity index (χ4n) is 6.55. The van der Waals surface area contributed by atoms with Crippen molar-refractivity contribution in [2.24, 2.45) is 11.3 Å². The molecule has 3 atom stereocenters. The summed E-state index contributed by atoms with van der Waals surface area (Å²) in [5.41, 5.74) is 1.72. The molecule has 0 spiro atoms. The van der Waals surface area contributed by atoms with E-state index < -0.39 is 33.9 Å². The van der Waals surface area contributed by atoms with Crippen LogP contribution in [0.5, 0.6) is 0 Å². The van der Waals surface area contributed by atoms with Gasteiger partial charge >= 0.3 is 5.97 Å². The predicted octanol–water partition coefficient (Wildman–Crippen LogP) is 7.69. The number of carbonyl (C=O) groups excluding carboxylic acids is 3. The summed E-state index contributed by atoms with van der Waals surface area (Å²) >= 11 is 0. The zero-order valence-electron chi connectivity index (χ0n) is 30.7. The van der Waals surface area contributed by atoms with Gasteiger partial charge in [0, 0.05) is 18.7 Å². The van der Waals surface area contributed by atoms with Crippen LogP contribution >= 0.6 is 6.89 Å². The van der Waals surface area contributed by atoms with Gasteiger partial charge in [0.05, 0.1) is 18.1 Å². The summed E-state index contributed by atoms with van der Waals surface area (Å²) in [4.78, 5) is 44.5. The van der Waals surface area contributed by atoms with Crippen LogP contribution in [-0.2, 0) is 25.3 Å². The molecule has 8 nitrogen and oxygen atoms in total. The second-order valence-corrected chi connectivity index (χ2v) is 20.8. The second kappa shape index (κ2) is 18.5. The number of hydrogen-bond donors (Lipinski definition) is 0. The molecule has 1 aliphatic rings. The Morgan fingerprint density at radius 1 is 1.07 bits per heavy atom. The number of carbonyl (C=O) groups is 3. The Kier molecular flexibility index (Phi) is 16.2. The first-order valence-electron chi connectivity index (χ1n) is 17.8. The van der Waals surface area contributed by atoms with E-state index in [4.69, 9.17) is 9.16 Å². The fraction of sp³-hybridized carbons (Fsp3) is 0.750. The number of Topliss-reactive ketones (excluding diaryl/α,β-unsaturated/α-hetero) is 1. The lowest BCUT2D eigenvalue weighted by atomic mass is 9.75. The van der Waals surface area contributed by atoms with Gasteiger partial charge in [-0.2, -0.15) is 5.10 Å². The molecule has 0 unspecified atom stereocenters. The molecular weight excluding hydrogens is 613 g/mol. The molecule has 0 radical (unpaired) electrons. The number of amides is 1. The zero-order valence-corrected chi connectivity index (χ0v) is 32.7. The molecule has 0 N–H and O–H groups in total. The van der Waals surface area contributed by atoms with E-state index in [9.17, 15) is 14.4 Å². The van der Waals surface area contributed by atoms with Gasteiger partial charge in [0.2, 0.25) is 5.91 Å². The standard InChI is InChI=1S/C36H64N3O5PSi/c1-12-17-21-45(22-18-13-2,23-19-14-3)34(35(42)43-20-15-4)39-30(26-31(40)29-24-27(6)38(16-5)37-29)28(33(39)41)25-32(36(7,8)9)44-46(10)11/h15,24,28,30,32,46H,4,12-14,16-23,25-26H2,1-3,5-11H3/t28-,30+,32+/m0/s1. The van der Waals surface area contributed by atoms with E-state index in [0.717, 1.165) is 62.7 Å². The number of ketones is 1. The van der Waals surface area contributed by atoms with Crippen LogP contribution < -0.4 is 0 Å². The SMILES string of the molecule is C=CCOC(=O)C(N1C(=O)[C@@H](C[C@@H](O[SiH](C)C)C(C)(C)C)[C@H]1CC(=O)c1cc(C)n(CC)n1)=P(CCCC)(CCCC)CCCC. The number of unbranched alkanes of at least 4 members (excludes halogenated alkanes) is 3. The van der Waals surface area contributed by atoms with E-state index in [1.807, 2.05) is 24.6 Å². The van der Waals surface area contributed by atoms with E-state index in [1.54, 1.807) is 11.0 Å². The van der Waals surface area contributed by atoms with Gasteiger partial charge in [0.1, 0.15) is 17.7 Å². The molecule has 2 heterocycles. The number of aryl methyl sites for hydroxylation is 2. The van der Waals surface area contributed by atoms with Crippen LogP contribution in [0.15, 0.2) is 18.7 Å². The maximum absolute atomic E-state index is 14.6. The number of likely N-dealkylation sites (tertiary alicyclic amines) is 1. The first-order valence-corrected chi connectivity index (χ1v) is 22.9. The van der Waals surface area contributed by atoms with Crippen molar-refractivity contribution in [3.63, 3.8) is 0 Å². The third-order valence-electron chi connectivity index (χ3n) is 9.19. The number of ether oxygens (including phenoxy) is 1. The maximum atomic E-state index is 14.6. The molecule has 1 fully saturated rings. The van der Waals surface area contributed by atoms with Gasteiger partial charge in [0.25, 0.3) is 0 Å². The van der Waals surface area contributed by atoms with Crippen molar-refractivity contribution in [2.45, 2.75) is 139 Å². The highest BCUT2D eigenvalue weighted by Gasteiger charge is 2.54. The number of aromatic nitrogens is 2. The Bertz CT molecular complexity index is 1210. The predicted molar refractivity (Wildman–Crippen MR) is 196 cm³/mol. The van der Waals surface area contributed by atoms with Gasteiger partial charge < -0.3 is 14.1 Å². The highest BCUT2D eigenvalue weighted by Crippen LogP contribution is 2.55. The number of hydrogen-bond acceptors (Lipinski definition) is 6. The smallest absolute Gasteiger partial charge is 0.355 e. The fourth-order valence-corrected chi connectivity index (χ4v) is 12.9. The number of nitrogens with zero attached hydrogens (tertiary/aromatic N) is 3. The minimum absolute atomic E-state index is 0.0734. The van der Waals surface area contributed by atoms with Crippen LogP contribution in [0.4, 0.5) is 0 Å². The van der Waals surface area contributed by atoms with Crippen LogP contribution in [0.3, 0.4) is 0 Å². The number of rotatable bonds is 21. The van der Waals surface area contributed by atoms with Gasteiger partial charge in [-0.3, -0.25) is 14.3 Å². The molecule has 1 aromatic heterocycles. The largest absolute Gasteiger partial charge is 0.457 e. The van der Waals surface area contributed by atoms with Crippen LogP contribution in [0, 0.1) is 18.3 Å². The summed E-state index contributed by atoms with van der Waals surface area (Å²) in [5, 5.41) is 4.58. The van der Waals surface area contributed by atoms with Crippen molar-refractivity contribution < 1.29 is 23.5 Å². The highest BCUT2D eigenvalue weighted by atomic mass is 31.2. The summed E-state index contributed by atoms with van der Waals surface area (Å²) in [6.07, 6.45) is 10.8. The number of β-lactam (4-membered cyclic amide) rings is 1. The molecule has 0 saturated carbocycles. The minimum atomic E-state index is -2.13. The summed E-state index contributed by atoms with van der Waals surface area (Å²) in [6.45, 7) is 23.6. The van der Waals surface area contributed by atoms with E-state index in [1.165, 1.54) is 0 Å². The molecule has 262 valence electrons. The van der Waals surface area contributed by atoms with E-state index in [-0.39, 0.29) is 36.2 Å². The van der Waals surface area contributed by atoms with Gasteiger partial charge in [0.15, 0.2) is 14.8 Å². The monoisotopic (exact) mass is 677 g/mol. The molecule has 2 rings (SSSR count). The van der Waals surface area contributed by atoms with Crippen molar-refractivity contribution >= 4 is 39.0 Å². The van der Waals surface area contributed by atoms with Gasteiger partial charge in [-0.25, -0.2) is 4.79 Å². The lowest BCUT2D eigenvalue weighted by Gasteiger charge is -2.51. The lowest BCUT2D eigenvalue weighted by molar-refractivity contribution is -0.153. The average molecular weight is 678 g/mol. The minimum Gasteiger partial charge on any atom is -0.457 e.